The number of benzene rings is 2. The third-order valence-electron chi connectivity index (χ3n) is 6.63. The van der Waals surface area contributed by atoms with Gasteiger partial charge in [0.15, 0.2) is 5.96 Å². The number of anilines is 1. The van der Waals surface area contributed by atoms with Crippen molar-refractivity contribution in [1.29, 1.82) is 0 Å². The van der Waals surface area contributed by atoms with Crippen LogP contribution in [0.25, 0.3) is 10.9 Å². The maximum atomic E-state index is 9.34. The molecule has 0 bridgehead atoms. The molecular formula is C27H38IN5O. The van der Waals surface area contributed by atoms with Gasteiger partial charge in [-0.15, -0.1) is 24.0 Å². The summed E-state index contributed by atoms with van der Waals surface area (Å²) < 4.78 is 0. The number of para-hydroxylation sites is 1. The van der Waals surface area contributed by atoms with Crippen molar-refractivity contribution >= 4 is 46.5 Å². The molecule has 0 spiro atoms. The molecule has 7 heteroatoms. The molecule has 2 aromatic carbocycles. The van der Waals surface area contributed by atoms with Crippen LogP contribution in [0.2, 0.25) is 0 Å². The number of aliphatic hydroxyl groups excluding tert-OH is 1. The topological polar surface area (TPSA) is 75.7 Å². The summed E-state index contributed by atoms with van der Waals surface area (Å²) in [6.45, 7) is 8.91. The van der Waals surface area contributed by atoms with Gasteiger partial charge in [0.25, 0.3) is 0 Å². The van der Waals surface area contributed by atoms with Crippen LogP contribution in [0, 0.1) is 12.8 Å². The van der Waals surface area contributed by atoms with E-state index in [1.807, 2.05) is 0 Å². The van der Waals surface area contributed by atoms with Crippen molar-refractivity contribution in [2.75, 3.05) is 37.7 Å². The number of fused-ring (bicyclic) bond motifs is 1. The number of aryl methyl sites for hydroxylation is 1. The van der Waals surface area contributed by atoms with Crippen molar-refractivity contribution in [2.24, 2.45) is 10.9 Å². The molecule has 1 aromatic heterocycles. The highest BCUT2D eigenvalue weighted by molar-refractivity contribution is 14.0. The van der Waals surface area contributed by atoms with Crippen LogP contribution in [0.3, 0.4) is 0 Å². The summed E-state index contributed by atoms with van der Waals surface area (Å²) in [4.78, 5) is 10.7. The molecule has 1 aliphatic rings. The van der Waals surface area contributed by atoms with Gasteiger partial charge in [-0.2, -0.15) is 0 Å². The van der Waals surface area contributed by atoms with Crippen LogP contribution in [0.1, 0.15) is 36.6 Å². The van der Waals surface area contributed by atoms with Crippen LogP contribution in [-0.2, 0) is 13.0 Å². The van der Waals surface area contributed by atoms with Gasteiger partial charge >= 0.3 is 0 Å². The van der Waals surface area contributed by atoms with Gasteiger partial charge in [0.05, 0.1) is 6.54 Å². The Hall–Kier alpha value is -2.26. The number of hydrogen-bond donors (Lipinski definition) is 4. The minimum atomic E-state index is 0. The molecule has 0 saturated carbocycles. The van der Waals surface area contributed by atoms with E-state index in [0.29, 0.717) is 19.1 Å². The minimum Gasteiger partial charge on any atom is -0.396 e. The predicted molar refractivity (Wildman–Crippen MR) is 153 cm³/mol. The molecule has 0 unspecified atom stereocenters. The number of aliphatic imine (C=N–C) groups is 1. The van der Waals surface area contributed by atoms with Crippen molar-refractivity contribution in [2.45, 2.75) is 39.7 Å². The van der Waals surface area contributed by atoms with Crippen molar-refractivity contribution in [3.63, 3.8) is 0 Å². The lowest BCUT2D eigenvalue weighted by molar-refractivity contribution is 0.203. The highest BCUT2D eigenvalue weighted by atomic mass is 127. The van der Waals surface area contributed by atoms with E-state index in [-0.39, 0.29) is 24.0 Å². The quantitative estimate of drug-likeness (QED) is 0.180. The number of aromatic amines is 1. The Kier molecular flexibility index (Phi) is 10.1. The molecule has 0 atom stereocenters. The Morgan fingerprint density at radius 2 is 1.82 bits per heavy atom. The monoisotopic (exact) mass is 575 g/mol. The third-order valence-corrected chi connectivity index (χ3v) is 6.63. The molecule has 6 nitrogen and oxygen atoms in total. The van der Waals surface area contributed by atoms with Gasteiger partial charge in [-0.1, -0.05) is 30.3 Å². The summed E-state index contributed by atoms with van der Waals surface area (Å²) in [5, 5.41) is 17.5. The zero-order chi connectivity index (χ0) is 23.0. The average molecular weight is 576 g/mol. The molecule has 4 rings (SSSR count). The fourth-order valence-electron chi connectivity index (χ4n) is 4.66. The molecule has 0 amide bonds. The molecule has 1 aliphatic heterocycles. The molecule has 3 aromatic rings. The van der Waals surface area contributed by atoms with Crippen LogP contribution in [-0.4, -0.2) is 48.8 Å². The average Bonchev–Trinajstić information content (AvgIpc) is 3.18. The second-order valence-electron chi connectivity index (χ2n) is 8.93. The minimum absolute atomic E-state index is 0. The lowest BCUT2D eigenvalue weighted by Crippen LogP contribution is -2.38. The van der Waals surface area contributed by atoms with E-state index in [9.17, 15) is 5.11 Å². The number of aliphatic hydroxyl groups is 1. The lowest BCUT2D eigenvalue weighted by atomic mass is 9.97. The SMILES string of the molecule is CCNC(=NCc1ccc(N2CCC(CO)CC2)cc1)NCCc1c(C)[nH]c2ccccc12.I. The Bertz CT molecular complexity index is 1050. The van der Waals surface area contributed by atoms with Gasteiger partial charge in [-0.05, 0) is 68.4 Å². The zero-order valence-corrected chi connectivity index (χ0v) is 22.6. The smallest absolute Gasteiger partial charge is 0.191 e. The number of piperidine rings is 1. The molecule has 0 radical (unpaired) electrons. The zero-order valence-electron chi connectivity index (χ0n) is 20.3. The Morgan fingerprint density at radius 1 is 1.09 bits per heavy atom. The fourth-order valence-corrected chi connectivity index (χ4v) is 4.66. The first-order chi connectivity index (χ1) is 16.2. The van der Waals surface area contributed by atoms with Gasteiger partial charge in [0.2, 0.25) is 0 Å². The predicted octanol–water partition coefficient (Wildman–Crippen LogP) is 4.60. The highest BCUT2D eigenvalue weighted by Gasteiger charge is 2.18. The maximum Gasteiger partial charge on any atom is 0.191 e. The maximum absolute atomic E-state index is 9.34. The Morgan fingerprint density at radius 3 is 2.53 bits per heavy atom. The number of rotatable bonds is 8. The number of guanidine groups is 1. The number of aromatic nitrogens is 1. The number of nitrogens with zero attached hydrogens (tertiary/aromatic N) is 2. The second-order valence-corrected chi connectivity index (χ2v) is 8.93. The number of H-pyrrole nitrogens is 1. The summed E-state index contributed by atoms with van der Waals surface area (Å²) in [7, 11) is 0. The van der Waals surface area contributed by atoms with Crippen LogP contribution in [0.4, 0.5) is 5.69 Å². The van der Waals surface area contributed by atoms with E-state index >= 15 is 0 Å². The second kappa shape index (κ2) is 13.0. The molecule has 0 aliphatic carbocycles. The molecule has 1 fully saturated rings. The van der Waals surface area contributed by atoms with Crippen LogP contribution >= 0.6 is 24.0 Å². The normalized spacial score (nSPS) is 14.8. The summed E-state index contributed by atoms with van der Waals surface area (Å²) in [5.41, 5.74) is 6.27. The molecule has 2 heterocycles. The van der Waals surface area contributed by atoms with E-state index in [0.717, 1.165) is 51.4 Å². The fraction of sp³-hybridized carbons (Fsp3) is 0.444. The van der Waals surface area contributed by atoms with Gasteiger partial charge in [-0.25, -0.2) is 4.99 Å². The molecular weight excluding hydrogens is 537 g/mol. The highest BCUT2D eigenvalue weighted by Crippen LogP contribution is 2.24. The van der Waals surface area contributed by atoms with Crippen LogP contribution < -0.4 is 15.5 Å². The molecule has 34 heavy (non-hydrogen) atoms. The Labute approximate surface area is 220 Å². The summed E-state index contributed by atoms with van der Waals surface area (Å²) in [6, 6.07) is 17.2. The van der Waals surface area contributed by atoms with Crippen LogP contribution in [0.5, 0.6) is 0 Å². The van der Waals surface area contributed by atoms with E-state index in [2.05, 4.69) is 82.9 Å². The van der Waals surface area contributed by atoms with Crippen molar-refractivity contribution < 1.29 is 5.11 Å². The van der Waals surface area contributed by atoms with Crippen molar-refractivity contribution in [3.05, 3.63) is 65.4 Å². The van der Waals surface area contributed by atoms with Crippen LogP contribution in [0.15, 0.2) is 53.5 Å². The first-order valence-electron chi connectivity index (χ1n) is 12.2. The summed E-state index contributed by atoms with van der Waals surface area (Å²) in [5.74, 6) is 1.32. The number of halogens is 1. The van der Waals surface area contributed by atoms with Crippen molar-refractivity contribution in [3.8, 4) is 0 Å². The van der Waals surface area contributed by atoms with Gasteiger partial charge in [0, 0.05) is 55.1 Å². The molecule has 1 saturated heterocycles. The number of hydrogen-bond acceptors (Lipinski definition) is 3. The van der Waals surface area contributed by atoms with Crippen molar-refractivity contribution in [1.82, 2.24) is 15.6 Å². The largest absolute Gasteiger partial charge is 0.396 e. The van der Waals surface area contributed by atoms with Gasteiger partial charge in [0.1, 0.15) is 0 Å². The standard InChI is InChI=1S/C27H37N5O.HI/c1-3-28-27(29-15-12-24-20(2)31-26-7-5-4-6-25(24)26)30-18-21-8-10-23(11-9-21)32-16-13-22(19-33)14-17-32;/h4-11,22,31,33H,3,12-19H2,1-2H3,(H2,28,29,30);1H. The van der Waals surface area contributed by atoms with E-state index in [4.69, 9.17) is 4.99 Å². The van der Waals surface area contributed by atoms with Gasteiger partial charge in [-0.3, -0.25) is 0 Å². The molecule has 184 valence electrons. The first-order valence-corrected chi connectivity index (χ1v) is 12.2. The Balaban J connectivity index is 0.00000324. The number of nitrogens with one attached hydrogen (secondary N) is 3. The van der Waals surface area contributed by atoms with E-state index < -0.39 is 0 Å². The summed E-state index contributed by atoms with van der Waals surface area (Å²) >= 11 is 0. The van der Waals surface area contributed by atoms with E-state index in [1.54, 1.807) is 0 Å². The first kappa shape index (κ1) is 26.3. The molecule has 4 N–H and O–H groups in total. The van der Waals surface area contributed by atoms with E-state index in [1.165, 1.54) is 33.4 Å². The van der Waals surface area contributed by atoms with Gasteiger partial charge < -0.3 is 25.6 Å². The lowest BCUT2D eigenvalue weighted by Gasteiger charge is -2.32. The summed E-state index contributed by atoms with van der Waals surface area (Å²) in [6.07, 6.45) is 3.08. The third kappa shape index (κ3) is 6.66.